The van der Waals surface area contributed by atoms with Gasteiger partial charge in [0.1, 0.15) is 5.75 Å². The molecule has 0 spiro atoms. The Kier molecular flexibility index (Phi) is 6.35. The molecule has 0 saturated carbocycles. The lowest BCUT2D eigenvalue weighted by molar-refractivity contribution is -0.133. The van der Waals surface area contributed by atoms with Gasteiger partial charge < -0.3 is 15.0 Å². The van der Waals surface area contributed by atoms with Gasteiger partial charge in [0.2, 0.25) is 11.8 Å². The molecule has 5 nitrogen and oxygen atoms in total. The van der Waals surface area contributed by atoms with E-state index >= 15 is 0 Å². The second-order valence-electron chi connectivity index (χ2n) is 6.68. The summed E-state index contributed by atoms with van der Waals surface area (Å²) in [6, 6.07) is 14.8. The highest BCUT2D eigenvalue weighted by Gasteiger charge is 2.28. The van der Waals surface area contributed by atoms with E-state index in [9.17, 15) is 9.59 Å². The molecule has 27 heavy (non-hydrogen) atoms. The molecule has 1 N–H and O–H groups in total. The summed E-state index contributed by atoms with van der Waals surface area (Å²) in [4.78, 5) is 27.0. The monoisotopic (exact) mass is 386 g/mol. The Labute approximate surface area is 164 Å². The maximum Gasteiger partial charge on any atom is 0.229 e. The molecule has 1 heterocycles. The zero-order chi connectivity index (χ0) is 19.2. The number of halogens is 1. The Bertz CT molecular complexity index is 810. The lowest BCUT2D eigenvalue weighted by Gasteiger charge is -2.32. The van der Waals surface area contributed by atoms with Gasteiger partial charge in [0, 0.05) is 18.8 Å². The maximum absolute atomic E-state index is 12.6. The molecular formula is C21H23ClN2O3. The van der Waals surface area contributed by atoms with Gasteiger partial charge in [0.15, 0.2) is 0 Å². The number of carbonyl (C=O) groups excluding carboxylic acids is 2. The van der Waals surface area contributed by atoms with Gasteiger partial charge in [-0.15, -0.1) is 0 Å². The summed E-state index contributed by atoms with van der Waals surface area (Å²) in [5.74, 6) is 0.309. The van der Waals surface area contributed by atoms with Gasteiger partial charge in [-0.3, -0.25) is 9.59 Å². The molecule has 2 aromatic rings. The second kappa shape index (κ2) is 8.91. The predicted molar refractivity (Wildman–Crippen MR) is 106 cm³/mol. The number of likely N-dealkylation sites (tertiary alicyclic amines) is 1. The molecule has 2 aromatic carbocycles. The van der Waals surface area contributed by atoms with Crippen LogP contribution in [0.1, 0.15) is 18.4 Å². The predicted octanol–water partition coefficient (Wildman–Crippen LogP) is 3.77. The summed E-state index contributed by atoms with van der Waals surface area (Å²) in [5.41, 5.74) is 1.61. The average molecular weight is 387 g/mol. The molecule has 1 fully saturated rings. The van der Waals surface area contributed by atoms with Gasteiger partial charge in [-0.05, 0) is 36.6 Å². The summed E-state index contributed by atoms with van der Waals surface area (Å²) in [7, 11) is 1.54. The number of benzene rings is 2. The number of anilines is 1. The van der Waals surface area contributed by atoms with Gasteiger partial charge in [0.05, 0.1) is 24.5 Å². The third kappa shape index (κ3) is 5.01. The van der Waals surface area contributed by atoms with Crippen molar-refractivity contribution in [1.82, 2.24) is 4.90 Å². The van der Waals surface area contributed by atoms with E-state index in [1.807, 2.05) is 30.3 Å². The Hall–Kier alpha value is -2.53. The topological polar surface area (TPSA) is 58.6 Å². The SMILES string of the molecule is COc1ccc(NC(=O)C2CCCN(C(=O)Cc3ccccc3)C2)cc1Cl. The molecule has 0 radical (unpaired) electrons. The van der Waals surface area contributed by atoms with Crippen LogP contribution < -0.4 is 10.1 Å². The van der Waals surface area contributed by atoms with Crippen LogP contribution in [-0.2, 0) is 16.0 Å². The maximum atomic E-state index is 12.6. The Morgan fingerprint density at radius 1 is 1.22 bits per heavy atom. The zero-order valence-corrected chi connectivity index (χ0v) is 16.0. The number of hydrogen-bond donors (Lipinski definition) is 1. The van der Waals surface area contributed by atoms with Gasteiger partial charge in [-0.1, -0.05) is 41.9 Å². The van der Waals surface area contributed by atoms with Crippen LogP contribution in [0.3, 0.4) is 0 Å². The van der Waals surface area contributed by atoms with Crippen molar-refractivity contribution in [2.45, 2.75) is 19.3 Å². The molecule has 0 aromatic heterocycles. The summed E-state index contributed by atoms with van der Waals surface area (Å²) in [5, 5.41) is 3.34. The minimum atomic E-state index is -0.223. The molecule has 1 aliphatic heterocycles. The third-order valence-electron chi connectivity index (χ3n) is 4.76. The molecule has 1 unspecified atom stereocenters. The minimum absolute atomic E-state index is 0.0613. The van der Waals surface area contributed by atoms with Crippen molar-refractivity contribution < 1.29 is 14.3 Å². The van der Waals surface area contributed by atoms with Crippen LogP contribution in [-0.4, -0.2) is 36.9 Å². The van der Waals surface area contributed by atoms with E-state index in [-0.39, 0.29) is 17.7 Å². The summed E-state index contributed by atoms with van der Waals surface area (Å²) >= 11 is 6.11. The van der Waals surface area contributed by atoms with Crippen molar-refractivity contribution in [1.29, 1.82) is 0 Å². The summed E-state index contributed by atoms with van der Waals surface area (Å²) in [6.07, 6.45) is 1.95. The number of methoxy groups -OCH3 is 1. The number of nitrogens with one attached hydrogen (secondary N) is 1. The van der Waals surface area contributed by atoms with Crippen molar-refractivity contribution >= 4 is 29.1 Å². The van der Waals surface area contributed by atoms with Crippen molar-refractivity contribution in [3.63, 3.8) is 0 Å². The third-order valence-corrected chi connectivity index (χ3v) is 5.06. The Balaban J connectivity index is 1.59. The molecule has 0 aliphatic carbocycles. The molecule has 2 amide bonds. The van der Waals surface area contributed by atoms with Crippen LogP contribution in [0.5, 0.6) is 5.75 Å². The highest BCUT2D eigenvalue weighted by atomic mass is 35.5. The van der Waals surface area contributed by atoms with Crippen LogP contribution in [0.2, 0.25) is 5.02 Å². The number of amides is 2. The fourth-order valence-electron chi connectivity index (χ4n) is 3.29. The van der Waals surface area contributed by atoms with E-state index in [1.165, 1.54) is 0 Å². The van der Waals surface area contributed by atoms with Gasteiger partial charge in [0.25, 0.3) is 0 Å². The van der Waals surface area contributed by atoms with Gasteiger partial charge in [-0.25, -0.2) is 0 Å². The van der Waals surface area contributed by atoms with Crippen LogP contribution in [0.25, 0.3) is 0 Å². The Morgan fingerprint density at radius 2 is 2.00 bits per heavy atom. The molecule has 0 bridgehead atoms. The van der Waals surface area contributed by atoms with Gasteiger partial charge >= 0.3 is 0 Å². The molecule has 6 heteroatoms. The highest BCUT2D eigenvalue weighted by molar-refractivity contribution is 6.32. The first kappa shape index (κ1) is 19.2. The molecule has 1 atom stereocenters. The minimum Gasteiger partial charge on any atom is -0.495 e. The number of nitrogens with zero attached hydrogens (tertiary/aromatic N) is 1. The first-order valence-corrected chi connectivity index (χ1v) is 9.40. The van der Waals surface area contributed by atoms with Gasteiger partial charge in [-0.2, -0.15) is 0 Å². The van der Waals surface area contributed by atoms with E-state index in [1.54, 1.807) is 30.2 Å². The van der Waals surface area contributed by atoms with Crippen LogP contribution in [0, 0.1) is 5.92 Å². The van der Waals surface area contributed by atoms with Crippen LogP contribution in [0.4, 0.5) is 5.69 Å². The van der Waals surface area contributed by atoms with E-state index in [2.05, 4.69) is 5.32 Å². The fraction of sp³-hybridized carbons (Fsp3) is 0.333. The first-order valence-electron chi connectivity index (χ1n) is 9.03. The molecule has 3 rings (SSSR count). The summed E-state index contributed by atoms with van der Waals surface area (Å²) in [6.45, 7) is 1.14. The molecule has 142 valence electrons. The molecule has 1 saturated heterocycles. The molecule has 1 aliphatic rings. The average Bonchev–Trinajstić information content (AvgIpc) is 2.69. The normalized spacial score (nSPS) is 16.7. The smallest absolute Gasteiger partial charge is 0.229 e. The number of rotatable bonds is 5. The number of piperidine rings is 1. The van der Waals surface area contributed by atoms with E-state index in [0.717, 1.165) is 18.4 Å². The molecular weight excluding hydrogens is 364 g/mol. The van der Waals surface area contributed by atoms with Crippen LogP contribution in [0.15, 0.2) is 48.5 Å². The van der Waals surface area contributed by atoms with Crippen LogP contribution >= 0.6 is 11.6 Å². The van der Waals surface area contributed by atoms with E-state index < -0.39 is 0 Å². The first-order chi connectivity index (χ1) is 13.1. The largest absolute Gasteiger partial charge is 0.495 e. The van der Waals surface area contributed by atoms with Crippen molar-refractivity contribution in [3.05, 3.63) is 59.1 Å². The van der Waals surface area contributed by atoms with Crippen molar-refractivity contribution in [3.8, 4) is 5.75 Å². The standard InChI is InChI=1S/C21H23ClN2O3/c1-27-19-10-9-17(13-18(19)22)23-21(26)16-8-5-11-24(14-16)20(25)12-15-6-3-2-4-7-15/h2-4,6-7,9-10,13,16H,5,8,11-12,14H2,1H3,(H,23,26). The second-order valence-corrected chi connectivity index (χ2v) is 7.09. The highest BCUT2D eigenvalue weighted by Crippen LogP contribution is 2.28. The van der Waals surface area contributed by atoms with Crippen molar-refractivity contribution in [2.75, 3.05) is 25.5 Å². The van der Waals surface area contributed by atoms with E-state index in [4.69, 9.17) is 16.3 Å². The lowest BCUT2D eigenvalue weighted by Crippen LogP contribution is -2.44. The van der Waals surface area contributed by atoms with Crippen molar-refractivity contribution in [2.24, 2.45) is 5.92 Å². The number of hydrogen-bond acceptors (Lipinski definition) is 3. The number of ether oxygens (including phenoxy) is 1. The Morgan fingerprint density at radius 3 is 2.70 bits per heavy atom. The fourth-order valence-corrected chi connectivity index (χ4v) is 3.55. The van der Waals surface area contributed by atoms with E-state index in [0.29, 0.717) is 36.0 Å². The zero-order valence-electron chi connectivity index (χ0n) is 15.3. The number of carbonyl (C=O) groups is 2. The summed E-state index contributed by atoms with van der Waals surface area (Å²) < 4.78 is 5.12. The quantitative estimate of drug-likeness (QED) is 0.850. The lowest BCUT2D eigenvalue weighted by atomic mass is 9.96.